The van der Waals surface area contributed by atoms with Gasteiger partial charge in [0, 0.05) is 71.8 Å². The molecule has 2 amide bonds. The third-order valence-electron chi connectivity index (χ3n) is 11.1. The average molecular weight is 1100 g/mol. The normalized spacial score (nSPS) is 19.4. The van der Waals surface area contributed by atoms with Crippen molar-refractivity contribution in [2.24, 2.45) is 5.73 Å². The molecular formula is C46H56F2N6O15S4. The number of likely N-dealkylation sites (tertiary alicyclic amines) is 2. The average Bonchev–Trinajstić information content (AvgIpc) is 3.34. The summed E-state index contributed by atoms with van der Waals surface area (Å²) in [4.78, 5) is 108. The molecule has 0 saturated carbocycles. The van der Waals surface area contributed by atoms with E-state index < -0.39 is 108 Å². The first kappa shape index (κ1) is 59.9. The quantitative estimate of drug-likeness (QED) is 0.0159. The van der Waals surface area contributed by atoms with E-state index in [1.165, 1.54) is 60.4 Å². The summed E-state index contributed by atoms with van der Waals surface area (Å²) < 4.78 is 39.6. The second-order valence-corrected chi connectivity index (χ2v) is 21.5. The molecule has 2 fully saturated rings. The number of nitrogens with two attached hydrogens (primary N) is 1. The van der Waals surface area contributed by atoms with Gasteiger partial charge in [0.15, 0.2) is 0 Å². The molecule has 21 nitrogen and oxygen atoms in total. The zero-order valence-corrected chi connectivity index (χ0v) is 42.7. The molecule has 9 N–H and O–H groups in total. The molecule has 7 atom stereocenters. The highest BCUT2D eigenvalue weighted by Gasteiger charge is 2.38. The molecule has 2 heterocycles. The van der Waals surface area contributed by atoms with Gasteiger partial charge in [-0.3, -0.25) is 24.2 Å². The number of aliphatic hydroxyl groups is 1. The highest BCUT2D eigenvalue weighted by molar-refractivity contribution is 8.77. The standard InChI is InChI=1S/C46H56F2N6O15S4/c1-25(55)18-26-21-53(40(45(65)67-2)28-8-4-6-10-30(28)47)16-14-35(26)72-71-24-34(43(62)63)51-37(56)13-12-32(49)44(64)69-52-33(42(61)50-20-39(59)60)23-70-73-36-15-17-54(22-27(36)19-38(57)58)41(46(66)68-3)29-9-5-7-11-31(29)48/h4-11,18-19,32-36,40-41,52,55H,1,12-17,20-24,49H2,2-3H3,(H,50,61)(H,51,56)(H,57,58)(H,59,60)(H,62,63)/b26-18-,27-19-. The monoisotopic (exact) mass is 1100 g/mol. The molecule has 4 rings (SSSR count). The summed E-state index contributed by atoms with van der Waals surface area (Å²) in [6, 6.07) is 4.93. The van der Waals surface area contributed by atoms with Gasteiger partial charge in [-0.2, -0.15) is 0 Å². The van der Waals surface area contributed by atoms with Crippen LogP contribution in [0.15, 0.2) is 84.2 Å². The van der Waals surface area contributed by atoms with Crippen LogP contribution in [0, 0.1) is 11.6 Å². The Balaban J connectivity index is 1.29. The highest BCUT2D eigenvalue weighted by atomic mass is 33.1. The minimum Gasteiger partial charge on any atom is -0.509 e. The van der Waals surface area contributed by atoms with Crippen molar-refractivity contribution in [3.63, 3.8) is 0 Å². The molecule has 2 aromatic rings. The number of benzene rings is 2. The van der Waals surface area contributed by atoms with Crippen molar-refractivity contribution in [3.8, 4) is 0 Å². The number of carboxylic acids is 3. The van der Waals surface area contributed by atoms with Crippen LogP contribution >= 0.6 is 43.2 Å². The minimum atomic E-state index is -1.46. The lowest BCUT2D eigenvalue weighted by Gasteiger charge is -2.37. The van der Waals surface area contributed by atoms with Gasteiger partial charge in [-0.05, 0) is 48.6 Å². The van der Waals surface area contributed by atoms with E-state index in [0.717, 1.165) is 45.6 Å². The topological polar surface area (TPSA) is 314 Å². The fourth-order valence-corrected chi connectivity index (χ4v) is 13.3. The molecule has 27 heteroatoms. The SMILES string of the molecule is C=C(O)/C=C1/CN(C(C(=O)OC)c2ccccc2F)CCC1SSCC(NC(=O)CCC(N)C(=O)ONC(CSSC1CCN(C(C(=O)OC)c2ccccc2F)C/C1=C/C(=O)O)C(=O)NCC(=O)O)C(=O)O. The zero-order chi connectivity index (χ0) is 53.8. The van der Waals surface area contributed by atoms with E-state index in [9.17, 15) is 62.5 Å². The second kappa shape index (κ2) is 29.9. The van der Waals surface area contributed by atoms with Crippen LogP contribution in [0.2, 0.25) is 0 Å². The van der Waals surface area contributed by atoms with E-state index >= 15 is 0 Å². The number of piperidine rings is 2. The second-order valence-electron chi connectivity index (χ2n) is 16.2. The lowest BCUT2D eigenvalue weighted by Crippen LogP contribution is -2.49. The predicted octanol–water partition coefficient (Wildman–Crippen LogP) is 3.31. The fourth-order valence-electron chi connectivity index (χ4n) is 7.52. The van der Waals surface area contributed by atoms with E-state index in [-0.39, 0.29) is 66.1 Å². The Morgan fingerprint density at radius 3 is 1.71 bits per heavy atom. The summed E-state index contributed by atoms with van der Waals surface area (Å²) in [5.41, 5.74) is 9.39. The van der Waals surface area contributed by atoms with Crippen molar-refractivity contribution in [1.29, 1.82) is 0 Å². The van der Waals surface area contributed by atoms with Gasteiger partial charge in [0.05, 0.1) is 14.2 Å². The first-order chi connectivity index (χ1) is 34.7. The van der Waals surface area contributed by atoms with Crippen LogP contribution in [-0.2, 0) is 52.7 Å². The Kier molecular flexibility index (Phi) is 24.5. The molecule has 398 valence electrons. The number of nitrogens with one attached hydrogen (secondary N) is 3. The number of carboxylic acid groups (broad SMARTS) is 3. The Morgan fingerprint density at radius 2 is 1.26 bits per heavy atom. The van der Waals surface area contributed by atoms with Crippen molar-refractivity contribution < 1.29 is 81.9 Å². The molecule has 2 aromatic carbocycles. The third-order valence-corrected chi connectivity index (χ3v) is 16.9. The van der Waals surface area contributed by atoms with Crippen LogP contribution in [0.1, 0.15) is 48.9 Å². The number of rotatable bonds is 27. The summed E-state index contributed by atoms with van der Waals surface area (Å²) in [5, 5.41) is 42.5. The smallest absolute Gasteiger partial charge is 0.341 e. The van der Waals surface area contributed by atoms with Gasteiger partial charge < -0.3 is 51.1 Å². The summed E-state index contributed by atoms with van der Waals surface area (Å²) in [6.07, 6.45) is 2.30. The predicted molar refractivity (Wildman–Crippen MR) is 268 cm³/mol. The summed E-state index contributed by atoms with van der Waals surface area (Å²) in [7, 11) is 6.94. The van der Waals surface area contributed by atoms with Crippen LogP contribution in [0.4, 0.5) is 8.78 Å². The molecule has 2 aliphatic rings. The Hall–Kier alpha value is -5.68. The van der Waals surface area contributed by atoms with Crippen LogP contribution < -0.4 is 21.8 Å². The van der Waals surface area contributed by atoms with Crippen LogP contribution in [0.3, 0.4) is 0 Å². The lowest BCUT2D eigenvalue weighted by molar-refractivity contribution is -0.156. The van der Waals surface area contributed by atoms with Gasteiger partial charge in [-0.15, -0.1) is 5.48 Å². The van der Waals surface area contributed by atoms with E-state index in [1.54, 1.807) is 21.9 Å². The number of aliphatic hydroxyl groups excluding tert-OH is 1. The summed E-state index contributed by atoms with van der Waals surface area (Å²) in [6.45, 7) is 3.30. The van der Waals surface area contributed by atoms with Crippen molar-refractivity contribution in [2.45, 2.75) is 66.4 Å². The van der Waals surface area contributed by atoms with Gasteiger partial charge in [0.1, 0.15) is 54.1 Å². The van der Waals surface area contributed by atoms with E-state index in [4.69, 9.17) is 25.2 Å². The Bertz CT molecular complexity index is 2400. The number of hydroxylamine groups is 1. The number of esters is 2. The minimum absolute atomic E-state index is 0.0421. The molecule has 0 bridgehead atoms. The van der Waals surface area contributed by atoms with Crippen molar-refractivity contribution >= 4 is 90.8 Å². The number of allylic oxidation sites excluding steroid dienone is 1. The van der Waals surface area contributed by atoms with Gasteiger partial charge in [0.2, 0.25) is 11.8 Å². The number of halogens is 2. The molecule has 0 radical (unpaired) electrons. The molecule has 73 heavy (non-hydrogen) atoms. The summed E-state index contributed by atoms with van der Waals surface area (Å²) >= 11 is 0. The number of amides is 2. The zero-order valence-electron chi connectivity index (χ0n) is 39.4. The maximum atomic E-state index is 14.8. The third kappa shape index (κ3) is 18.6. The maximum Gasteiger partial charge on any atom is 0.341 e. The number of hydrogen-bond acceptors (Lipinski definition) is 20. The highest BCUT2D eigenvalue weighted by Crippen LogP contribution is 2.41. The van der Waals surface area contributed by atoms with Crippen molar-refractivity contribution in [1.82, 2.24) is 25.9 Å². The van der Waals surface area contributed by atoms with Crippen LogP contribution in [0.5, 0.6) is 0 Å². The van der Waals surface area contributed by atoms with E-state index in [2.05, 4.69) is 22.7 Å². The molecule has 7 unspecified atom stereocenters. The van der Waals surface area contributed by atoms with E-state index in [0.29, 0.717) is 24.1 Å². The molecular weight excluding hydrogens is 1040 g/mol. The number of hydrogen-bond donors (Lipinski definition) is 8. The maximum absolute atomic E-state index is 14.8. The van der Waals surface area contributed by atoms with Gasteiger partial charge in [-0.25, -0.2) is 32.8 Å². The number of aliphatic carboxylic acids is 3. The first-order valence-electron chi connectivity index (χ1n) is 22.2. The lowest BCUT2D eigenvalue weighted by atomic mass is 9.97. The van der Waals surface area contributed by atoms with Crippen LogP contribution in [0.25, 0.3) is 0 Å². The van der Waals surface area contributed by atoms with Crippen molar-refractivity contribution in [2.75, 3.05) is 58.4 Å². The number of ether oxygens (including phenoxy) is 2. The van der Waals surface area contributed by atoms with E-state index in [1.807, 2.05) is 0 Å². The number of nitrogens with zero attached hydrogens (tertiary/aromatic N) is 2. The Labute approximate surface area is 434 Å². The first-order valence-corrected chi connectivity index (χ1v) is 26.9. The van der Waals surface area contributed by atoms with Gasteiger partial charge >= 0.3 is 35.8 Å². The van der Waals surface area contributed by atoms with Gasteiger partial charge in [0.25, 0.3) is 0 Å². The van der Waals surface area contributed by atoms with Gasteiger partial charge in [-0.1, -0.05) is 86.2 Å². The molecule has 0 aromatic heterocycles. The Morgan fingerprint density at radius 1 is 0.767 bits per heavy atom. The molecule has 0 spiro atoms. The molecule has 2 saturated heterocycles. The molecule has 2 aliphatic heterocycles. The largest absolute Gasteiger partial charge is 0.509 e. The number of carbonyl (C=O) groups is 8. The van der Waals surface area contributed by atoms with Crippen molar-refractivity contribution in [3.05, 3.63) is 107 Å². The van der Waals surface area contributed by atoms with Crippen LogP contribution in [-0.4, -0.2) is 165 Å². The summed E-state index contributed by atoms with van der Waals surface area (Å²) in [5.74, 6) is -10.1. The number of methoxy groups -OCH3 is 2. The molecule has 0 aliphatic carbocycles. The fraction of sp³-hybridized carbons (Fsp3) is 0.435. The number of carbonyl (C=O) groups excluding carboxylic acids is 5.